The van der Waals surface area contributed by atoms with Gasteiger partial charge in [-0.25, -0.2) is 4.79 Å². The molecule has 0 unspecified atom stereocenters. The molecule has 2 aromatic rings. The predicted octanol–water partition coefficient (Wildman–Crippen LogP) is 2.73. The second kappa shape index (κ2) is 6.96. The van der Waals surface area contributed by atoms with E-state index in [2.05, 4.69) is 4.74 Å². The average molecular weight is 377 g/mol. The minimum Gasteiger partial charge on any atom is -0.482 e. The average Bonchev–Trinajstić information content (AvgIpc) is 2.70. The highest BCUT2D eigenvalue weighted by Gasteiger charge is 2.51. The van der Waals surface area contributed by atoms with Gasteiger partial charge < -0.3 is 14.4 Å². The van der Waals surface area contributed by atoms with E-state index in [9.17, 15) is 14.4 Å². The summed E-state index contributed by atoms with van der Waals surface area (Å²) in [5.41, 5.74) is 1.18. The summed E-state index contributed by atoms with van der Waals surface area (Å²) in [6.07, 6.45) is 3.12. The number of ketones is 1. The lowest BCUT2D eigenvalue weighted by molar-refractivity contribution is -0.134. The molecule has 1 fully saturated rings. The van der Waals surface area contributed by atoms with E-state index >= 15 is 0 Å². The van der Waals surface area contributed by atoms with Gasteiger partial charge in [-0.05, 0) is 35.9 Å². The molecule has 0 aliphatic carbocycles. The van der Waals surface area contributed by atoms with Crippen molar-refractivity contribution in [3.63, 3.8) is 0 Å². The first-order valence-corrected chi connectivity index (χ1v) is 8.96. The quantitative estimate of drug-likeness (QED) is 0.607. The second-order valence-corrected chi connectivity index (χ2v) is 7.02. The lowest BCUT2D eigenvalue weighted by atomic mass is 9.83. The van der Waals surface area contributed by atoms with E-state index in [0.717, 1.165) is 0 Å². The molecule has 0 saturated carbocycles. The number of hydrogen-bond donors (Lipinski definition) is 0. The van der Waals surface area contributed by atoms with Gasteiger partial charge >= 0.3 is 5.97 Å². The van der Waals surface area contributed by atoms with Crippen LogP contribution in [0.25, 0.3) is 6.08 Å². The number of amides is 1. The fourth-order valence-electron chi connectivity index (χ4n) is 3.58. The highest BCUT2D eigenvalue weighted by atomic mass is 16.5. The molecule has 6 nitrogen and oxygen atoms in total. The molecule has 1 amide bonds. The van der Waals surface area contributed by atoms with Crippen LogP contribution in [-0.2, 0) is 9.53 Å². The van der Waals surface area contributed by atoms with Crippen molar-refractivity contribution in [3.05, 3.63) is 71.3 Å². The van der Waals surface area contributed by atoms with Crippen molar-refractivity contribution in [3.8, 4) is 5.75 Å². The Labute approximate surface area is 162 Å². The second-order valence-electron chi connectivity index (χ2n) is 7.02. The molecule has 2 aromatic carbocycles. The first kappa shape index (κ1) is 18.0. The molecule has 0 atom stereocenters. The maximum Gasteiger partial charge on any atom is 0.330 e. The summed E-state index contributed by atoms with van der Waals surface area (Å²) >= 11 is 0. The third-order valence-electron chi connectivity index (χ3n) is 4.99. The van der Waals surface area contributed by atoms with Crippen LogP contribution < -0.4 is 4.74 Å². The van der Waals surface area contributed by atoms with Crippen molar-refractivity contribution in [1.82, 2.24) is 4.90 Å². The maximum absolute atomic E-state index is 12.7. The number of esters is 1. The molecular weight excluding hydrogens is 358 g/mol. The number of hydrogen-bond acceptors (Lipinski definition) is 5. The van der Waals surface area contributed by atoms with E-state index in [-0.39, 0.29) is 18.1 Å². The van der Waals surface area contributed by atoms with Gasteiger partial charge in [0.2, 0.25) is 0 Å². The Morgan fingerprint density at radius 3 is 2.61 bits per heavy atom. The van der Waals surface area contributed by atoms with Crippen LogP contribution in [0, 0.1) is 0 Å². The molecule has 0 radical (unpaired) electrons. The normalized spacial score (nSPS) is 17.0. The zero-order chi connectivity index (χ0) is 19.7. The maximum atomic E-state index is 12.7. The molecule has 1 spiro atoms. The summed E-state index contributed by atoms with van der Waals surface area (Å²) < 4.78 is 10.7. The molecule has 2 aliphatic heterocycles. The molecule has 6 heteroatoms. The summed E-state index contributed by atoms with van der Waals surface area (Å²) in [7, 11) is 1.31. The minimum atomic E-state index is -0.655. The Hall–Kier alpha value is -3.41. The molecule has 1 saturated heterocycles. The number of likely N-dealkylation sites (tertiary alicyclic amines) is 1. The Morgan fingerprint density at radius 1 is 1.14 bits per heavy atom. The molecular formula is C22H19NO5. The zero-order valence-electron chi connectivity index (χ0n) is 15.4. The van der Waals surface area contributed by atoms with Crippen LogP contribution in [0.4, 0.5) is 0 Å². The van der Waals surface area contributed by atoms with Gasteiger partial charge in [-0.3, -0.25) is 9.59 Å². The Morgan fingerprint density at radius 2 is 1.89 bits per heavy atom. The van der Waals surface area contributed by atoms with Crippen LogP contribution in [0.5, 0.6) is 5.75 Å². The van der Waals surface area contributed by atoms with Gasteiger partial charge in [0.05, 0.1) is 32.2 Å². The number of carbonyl (C=O) groups excluding carboxylic acids is 3. The van der Waals surface area contributed by atoms with Crippen molar-refractivity contribution in [2.45, 2.75) is 12.0 Å². The Balaban J connectivity index is 1.47. The molecule has 28 heavy (non-hydrogen) atoms. The van der Waals surface area contributed by atoms with E-state index in [1.165, 1.54) is 13.2 Å². The molecule has 4 rings (SSSR count). The van der Waals surface area contributed by atoms with Gasteiger partial charge in [-0.1, -0.05) is 24.3 Å². The summed E-state index contributed by atoms with van der Waals surface area (Å²) in [6.45, 7) is 0.770. The SMILES string of the molecule is COC(=O)/C=C/c1ccc2c(c1)C(=O)CC1(CN(C(=O)c3ccccc3)C1)O2. The van der Waals surface area contributed by atoms with Crippen molar-refractivity contribution in [2.24, 2.45) is 0 Å². The molecule has 2 aliphatic rings. The summed E-state index contributed by atoms with van der Waals surface area (Å²) in [6, 6.07) is 14.3. The fourth-order valence-corrected chi connectivity index (χ4v) is 3.58. The first-order chi connectivity index (χ1) is 13.5. The van der Waals surface area contributed by atoms with Crippen LogP contribution in [0.1, 0.15) is 32.7 Å². The highest BCUT2D eigenvalue weighted by Crippen LogP contribution is 2.39. The highest BCUT2D eigenvalue weighted by molar-refractivity contribution is 6.02. The zero-order valence-corrected chi connectivity index (χ0v) is 15.4. The molecule has 0 N–H and O–H groups in total. The van der Waals surface area contributed by atoms with E-state index in [1.54, 1.807) is 41.3 Å². The van der Waals surface area contributed by atoms with E-state index < -0.39 is 11.6 Å². The number of ether oxygens (including phenoxy) is 2. The topological polar surface area (TPSA) is 72.9 Å². The van der Waals surface area contributed by atoms with E-state index in [4.69, 9.17) is 4.74 Å². The third-order valence-corrected chi connectivity index (χ3v) is 4.99. The number of methoxy groups -OCH3 is 1. The van der Waals surface area contributed by atoms with Crippen molar-refractivity contribution < 1.29 is 23.9 Å². The number of fused-ring (bicyclic) bond motifs is 1. The van der Waals surface area contributed by atoms with E-state index in [1.807, 2.05) is 18.2 Å². The van der Waals surface area contributed by atoms with Gasteiger partial charge in [-0.15, -0.1) is 0 Å². The van der Waals surface area contributed by atoms with Crippen molar-refractivity contribution >= 4 is 23.7 Å². The van der Waals surface area contributed by atoms with Crippen LogP contribution in [0.2, 0.25) is 0 Å². The largest absolute Gasteiger partial charge is 0.482 e. The van der Waals surface area contributed by atoms with Crippen molar-refractivity contribution in [1.29, 1.82) is 0 Å². The fraction of sp³-hybridized carbons (Fsp3) is 0.227. The van der Waals surface area contributed by atoms with E-state index in [0.29, 0.717) is 35.5 Å². The van der Waals surface area contributed by atoms with Gasteiger partial charge in [0.25, 0.3) is 5.91 Å². The van der Waals surface area contributed by atoms with Gasteiger partial charge in [0.15, 0.2) is 11.4 Å². The van der Waals surface area contributed by atoms with Gasteiger partial charge in [0, 0.05) is 11.6 Å². The number of Topliss-reactive ketones (excluding diaryl/α,β-unsaturated/α-hetero) is 1. The monoisotopic (exact) mass is 377 g/mol. The lowest BCUT2D eigenvalue weighted by Gasteiger charge is -2.51. The lowest BCUT2D eigenvalue weighted by Crippen LogP contribution is -2.68. The smallest absolute Gasteiger partial charge is 0.330 e. The number of carbonyl (C=O) groups is 3. The Bertz CT molecular complexity index is 974. The van der Waals surface area contributed by atoms with Crippen LogP contribution >= 0.6 is 0 Å². The van der Waals surface area contributed by atoms with Crippen molar-refractivity contribution in [2.75, 3.05) is 20.2 Å². The van der Waals surface area contributed by atoms with Crippen LogP contribution in [0.3, 0.4) is 0 Å². The standard InChI is InChI=1S/C22H19NO5/c1-27-20(25)10-8-15-7-9-19-17(11-15)18(24)12-22(28-19)13-23(14-22)21(26)16-5-3-2-4-6-16/h2-11H,12-14H2,1H3/b10-8+. The first-order valence-electron chi connectivity index (χ1n) is 8.96. The summed E-state index contributed by atoms with van der Waals surface area (Å²) in [4.78, 5) is 38.1. The minimum absolute atomic E-state index is 0.0265. The molecule has 2 heterocycles. The number of nitrogens with zero attached hydrogens (tertiary/aromatic N) is 1. The van der Waals surface area contributed by atoms with Gasteiger partial charge in [0.1, 0.15) is 5.75 Å². The number of benzene rings is 2. The molecule has 0 aromatic heterocycles. The predicted molar refractivity (Wildman–Crippen MR) is 102 cm³/mol. The third kappa shape index (κ3) is 3.29. The van der Waals surface area contributed by atoms with Gasteiger partial charge in [-0.2, -0.15) is 0 Å². The summed E-state index contributed by atoms with van der Waals surface area (Å²) in [5, 5.41) is 0. The molecule has 0 bridgehead atoms. The van der Waals surface area contributed by atoms with Crippen LogP contribution in [-0.4, -0.2) is 48.4 Å². The number of rotatable bonds is 3. The summed E-state index contributed by atoms with van der Waals surface area (Å²) in [5.74, 6) is -0.0343. The Kier molecular flexibility index (Phi) is 4.47. The molecule has 142 valence electrons. The van der Waals surface area contributed by atoms with Crippen LogP contribution in [0.15, 0.2) is 54.6 Å².